The highest BCUT2D eigenvalue weighted by Crippen LogP contribution is 2.29. The van der Waals surface area contributed by atoms with Crippen LogP contribution in [0.4, 0.5) is 5.82 Å². The molecule has 1 aliphatic heterocycles. The summed E-state index contributed by atoms with van der Waals surface area (Å²) in [5.74, 6) is 1.29. The molecule has 2 aromatic heterocycles. The van der Waals surface area contributed by atoms with Gasteiger partial charge in [0.05, 0.1) is 13.2 Å². The van der Waals surface area contributed by atoms with Crippen molar-refractivity contribution < 1.29 is 13.2 Å². The Morgan fingerprint density at radius 3 is 2.88 bits per heavy atom. The third kappa shape index (κ3) is 4.03. The minimum atomic E-state index is -3.46. The maximum absolute atomic E-state index is 12.3. The lowest BCUT2D eigenvalue weighted by Gasteiger charge is -2.33. The second-order valence-electron chi connectivity index (χ2n) is 6.47. The lowest BCUT2D eigenvalue weighted by molar-refractivity contribution is 0.0418. The van der Waals surface area contributed by atoms with Crippen molar-refractivity contribution in [3.63, 3.8) is 0 Å². The summed E-state index contributed by atoms with van der Waals surface area (Å²) >= 11 is 1.69. The molecule has 2 aromatic rings. The number of hydrogen-bond acceptors (Lipinski definition) is 6. The number of hydrogen-bond donors (Lipinski definition) is 1. The van der Waals surface area contributed by atoms with Crippen LogP contribution in [0.1, 0.15) is 23.8 Å². The lowest BCUT2D eigenvalue weighted by atomic mass is 10.2. The first-order valence-electron chi connectivity index (χ1n) is 8.47. The highest BCUT2D eigenvalue weighted by molar-refractivity contribution is 7.89. The van der Waals surface area contributed by atoms with E-state index in [1.165, 1.54) is 11.1 Å². The number of morpholine rings is 1. The highest BCUT2D eigenvalue weighted by atomic mass is 32.2. The molecule has 2 fully saturated rings. The van der Waals surface area contributed by atoms with Gasteiger partial charge in [-0.05, 0) is 42.3 Å². The van der Waals surface area contributed by atoms with Crippen molar-refractivity contribution in [2.75, 3.05) is 31.1 Å². The molecule has 0 bridgehead atoms. The topological polar surface area (TPSA) is 71.5 Å². The molecule has 4 rings (SSSR count). The zero-order valence-electron chi connectivity index (χ0n) is 13.8. The highest BCUT2D eigenvalue weighted by Gasteiger charge is 2.26. The fourth-order valence-corrected chi connectivity index (χ4v) is 4.68. The SMILES string of the molecule is O=S(=O)(NCC1CC1)c1ccc(N2CCOC(c3cccs3)C2)nc1. The zero-order valence-corrected chi connectivity index (χ0v) is 15.4. The Labute approximate surface area is 151 Å². The standard InChI is InChI=1S/C17H21N3O3S2/c21-25(22,19-10-13-3-4-13)14-5-6-17(18-11-14)20-7-8-23-15(12-20)16-2-1-9-24-16/h1-2,5-6,9,11,13,15,19H,3-4,7-8,10,12H2. The second kappa shape index (κ2) is 7.03. The Morgan fingerprint density at radius 2 is 2.20 bits per heavy atom. The van der Waals surface area contributed by atoms with E-state index in [0.29, 0.717) is 19.1 Å². The first-order valence-corrected chi connectivity index (χ1v) is 10.8. The summed E-state index contributed by atoms with van der Waals surface area (Å²) in [4.78, 5) is 7.95. The van der Waals surface area contributed by atoms with Gasteiger partial charge in [-0.1, -0.05) is 6.07 Å². The summed E-state index contributed by atoms with van der Waals surface area (Å²) in [5.41, 5.74) is 0. The normalized spacial score (nSPS) is 21.4. The number of pyridine rings is 1. The van der Waals surface area contributed by atoms with Gasteiger partial charge in [0.15, 0.2) is 0 Å². The van der Waals surface area contributed by atoms with Gasteiger partial charge in [0.25, 0.3) is 0 Å². The molecule has 134 valence electrons. The van der Waals surface area contributed by atoms with Crippen LogP contribution in [0.5, 0.6) is 0 Å². The van der Waals surface area contributed by atoms with E-state index in [9.17, 15) is 8.42 Å². The zero-order chi connectivity index (χ0) is 17.3. The number of rotatable bonds is 6. The summed E-state index contributed by atoms with van der Waals surface area (Å²) in [6.45, 7) is 2.63. The average molecular weight is 380 g/mol. The van der Waals surface area contributed by atoms with Gasteiger partial charge in [-0.2, -0.15) is 0 Å². The molecule has 0 radical (unpaired) electrons. The largest absolute Gasteiger partial charge is 0.369 e. The van der Waals surface area contributed by atoms with Gasteiger partial charge in [0, 0.05) is 24.2 Å². The predicted molar refractivity (Wildman–Crippen MR) is 97.4 cm³/mol. The Balaban J connectivity index is 1.44. The van der Waals surface area contributed by atoms with Crippen molar-refractivity contribution in [3.05, 3.63) is 40.7 Å². The number of ether oxygens (including phenoxy) is 1. The van der Waals surface area contributed by atoms with E-state index < -0.39 is 10.0 Å². The molecule has 25 heavy (non-hydrogen) atoms. The number of sulfonamides is 1. The third-order valence-electron chi connectivity index (χ3n) is 4.54. The van der Waals surface area contributed by atoms with E-state index in [0.717, 1.165) is 31.7 Å². The lowest BCUT2D eigenvalue weighted by Crippen LogP contribution is -2.38. The van der Waals surface area contributed by atoms with Gasteiger partial charge < -0.3 is 9.64 Å². The van der Waals surface area contributed by atoms with Crippen LogP contribution in [-0.4, -0.2) is 39.6 Å². The van der Waals surface area contributed by atoms with E-state index in [1.807, 2.05) is 11.4 Å². The molecule has 8 heteroatoms. The van der Waals surface area contributed by atoms with Gasteiger partial charge >= 0.3 is 0 Å². The predicted octanol–water partition coefficient (Wildman–Crippen LogP) is 2.41. The van der Waals surface area contributed by atoms with Crippen LogP contribution in [0, 0.1) is 5.92 Å². The van der Waals surface area contributed by atoms with Crippen LogP contribution in [0.3, 0.4) is 0 Å². The Hall–Kier alpha value is -1.48. The second-order valence-corrected chi connectivity index (χ2v) is 9.21. The van der Waals surface area contributed by atoms with Crippen molar-refractivity contribution in [1.29, 1.82) is 0 Å². The molecule has 1 N–H and O–H groups in total. The molecule has 1 aliphatic carbocycles. The molecular weight excluding hydrogens is 358 g/mol. The maximum atomic E-state index is 12.3. The van der Waals surface area contributed by atoms with Gasteiger partial charge in [-0.15, -0.1) is 11.3 Å². The Bertz CT molecular complexity index is 802. The summed E-state index contributed by atoms with van der Waals surface area (Å²) in [7, 11) is -3.46. The van der Waals surface area contributed by atoms with Crippen molar-refractivity contribution in [2.24, 2.45) is 5.92 Å². The molecule has 0 spiro atoms. The van der Waals surface area contributed by atoms with Crippen molar-refractivity contribution in [3.8, 4) is 0 Å². The van der Waals surface area contributed by atoms with Crippen LogP contribution < -0.4 is 9.62 Å². The summed E-state index contributed by atoms with van der Waals surface area (Å²) < 4.78 is 33.1. The van der Waals surface area contributed by atoms with Crippen LogP contribution in [-0.2, 0) is 14.8 Å². The van der Waals surface area contributed by atoms with Gasteiger partial charge in [0.2, 0.25) is 10.0 Å². The molecule has 0 amide bonds. The average Bonchev–Trinajstić information content (AvgIpc) is 3.32. The minimum Gasteiger partial charge on any atom is -0.369 e. The van der Waals surface area contributed by atoms with Crippen molar-refractivity contribution in [1.82, 2.24) is 9.71 Å². The van der Waals surface area contributed by atoms with Crippen LogP contribution in [0.2, 0.25) is 0 Å². The number of anilines is 1. The summed E-state index contributed by atoms with van der Waals surface area (Å²) in [6, 6.07) is 7.51. The molecule has 2 aliphatic rings. The minimum absolute atomic E-state index is 0.0409. The first kappa shape index (κ1) is 17.0. The van der Waals surface area contributed by atoms with E-state index >= 15 is 0 Å². The van der Waals surface area contributed by atoms with Gasteiger partial charge in [-0.25, -0.2) is 18.1 Å². The van der Waals surface area contributed by atoms with Crippen molar-refractivity contribution >= 4 is 27.2 Å². The molecular formula is C17H21N3O3S2. The molecule has 6 nitrogen and oxygen atoms in total. The summed E-state index contributed by atoms with van der Waals surface area (Å²) in [5, 5.41) is 2.05. The summed E-state index contributed by atoms with van der Waals surface area (Å²) in [6.07, 6.45) is 3.71. The van der Waals surface area contributed by atoms with E-state index in [1.54, 1.807) is 23.5 Å². The molecule has 1 saturated carbocycles. The maximum Gasteiger partial charge on any atom is 0.242 e. The first-order chi connectivity index (χ1) is 12.1. The van der Waals surface area contributed by atoms with Crippen molar-refractivity contribution in [2.45, 2.75) is 23.8 Å². The number of nitrogens with one attached hydrogen (secondary N) is 1. The van der Waals surface area contributed by atoms with Crippen LogP contribution in [0.25, 0.3) is 0 Å². The molecule has 0 aromatic carbocycles. The Kier molecular flexibility index (Phi) is 4.77. The molecule has 3 heterocycles. The van der Waals surface area contributed by atoms with Gasteiger partial charge in [-0.3, -0.25) is 0 Å². The fraction of sp³-hybridized carbons (Fsp3) is 0.471. The monoisotopic (exact) mass is 379 g/mol. The smallest absolute Gasteiger partial charge is 0.242 e. The van der Waals surface area contributed by atoms with E-state index in [2.05, 4.69) is 20.7 Å². The fourth-order valence-electron chi connectivity index (χ4n) is 2.86. The number of aromatic nitrogens is 1. The van der Waals surface area contributed by atoms with E-state index in [-0.39, 0.29) is 11.0 Å². The van der Waals surface area contributed by atoms with Crippen LogP contribution >= 0.6 is 11.3 Å². The van der Waals surface area contributed by atoms with Gasteiger partial charge in [0.1, 0.15) is 16.8 Å². The molecule has 1 saturated heterocycles. The Morgan fingerprint density at radius 1 is 1.32 bits per heavy atom. The van der Waals surface area contributed by atoms with Crippen LogP contribution in [0.15, 0.2) is 40.7 Å². The third-order valence-corrected chi connectivity index (χ3v) is 6.91. The quantitative estimate of drug-likeness (QED) is 0.835. The number of nitrogens with zero attached hydrogens (tertiary/aromatic N) is 2. The number of thiophene rings is 1. The van der Waals surface area contributed by atoms with E-state index in [4.69, 9.17) is 4.74 Å². The molecule has 1 atom stereocenters. The molecule has 1 unspecified atom stereocenters.